The van der Waals surface area contributed by atoms with Gasteiger partial charge in [-0.1, -0.05) is 12.1 Å². The van der Waals surface area contributed by atoms with Gasteiger partial charge in [0.15, 0.2) is 0 Å². The van der Waals surface area contributed by atoms with Crippen molar-refractivity contribution in [2.75, 3.05) is 0 Å². The second-order valence-corrected chi connectivity index (χ2v) is 5.47. The van der Waals surface area contributed by atoms with Gasteiger partial charge in [-0.25, -0.2) is 8.42 Å². The van der Waals surface area contributed by atoms with Crippen LogP contribution in [0.15, 0.2) is 29.3 Å². The molecule has 0 saturated heterocycles. The number of hydrogen-bond acceptors (Lipinski definition) is 3. The monoisotopic (exact) mass is 230 g/mol. The average Bonchev–Trinajstić information content (AvgIpc) is 2.41. The van der Waals surface area contributed by atoms with Gasteiger partial charge in [-0.05, 0) is 6.07 Å². The largest absolute Gasteiger partial charge is 0.275 e. The second kappa shape index (κ2) is 2.96. The van der Waals surface area contributed by atoms with Crippen LogP contribution < -0.4 is 0 Å². The first-order chi connectivity index (χ1) is 6.48. The summed E-state index contributed by atoms with van der Waals surface area (Å²) in [6.45, 7) is 0. The van der Waals surface area contributed by atoms with Crippen LogP contribution in [0.1, 0.15) is 0 Å². The van der Waals surface area contributed by atoms with Crippen LogP contribution in [0.2, 0.25) is 0 Å². The Hall–Kier alpha value is -1.07. The molecule has 1 heterocycles. The van der Waals surface area contributed by atoms with Gasteiger partial charge in [0, 0.05) is 29.3 Å². The topological polar surface area (TPSA) is 52.0 Å². The normalized spacial score (nSPS) is 12.1. The third kappa shape index (κ3) is 1.49. The van der Waals surface area contributed by atoms with Crippen LogP contribution in [0.3, 0.4) is 0 Å². The summed E-state index contributed by atoms with van der Waals surface area (Å²) < 4.78 is 23.9. The molecule has 74 valence electrons. The lowest BCUT2D eigenvalue weighted by atomic mass is 10.3. The molecule has 0 N–H and O–H groups in total. The van der Waals surface area contributed by atoms with Crippen molar-refractivity contribution in [3.63, 3.8) is 0 Å². The van der Waals surface area contributed by atoms with Crippen molar-refractivity contribution in [3.8, 4) is 0 Å². The molecule has 14 heavy (non-hydrogen) atoms. The van der Waals surface area contributed by atoms with E-state index in [1.54, 1.807) is 30.1 Å². The predicted molar refractivity (Wildman–Crippen MR) is 53.8 cm³/mol. The van der Waals surface area contributed by atoms with Gasteiger partial charge >= 0.3 is 0 Å². The Balaban J connectivity index is 2.90. The van der Waals surface area contributed by atoms with E-state index in [2.05, 4.69) is 5.10 Å². The fourth-order valence-electron chi connectivity index (χ4n) is 1.34. The van der Waals surface area contributed by atoms with E-state index in [0.29, 0.717) is 5.52 Å². The molecule has 0 fully saturated rings. The molecule has 0 aliphatic rings. The first-order valence-corrected chi connectivity index (χ1v) is 6.16. The van der Waals surface area contributed by atoms with Crippen LogP contribution in [0.5, 0.6) is 0 Å². The maximum absolute atomic E-state index is 11.2. The molecule has 0 saturated carbocycles. The Morgan fingerprint density at radius 1 is 1.43 bits per heavy atom. The summed E-state index contributed by atoms with van der Waals surface area (Å²) in [7, 11) is 3.28. The summed E-state index contributed by atoms with van der Waals surface area (Å²) in [5, 5.41) is 4.79. The minimum Gasteiger partial charge on any atom is -0.275 e. The fourth-order valence-corrected chi connectivity index (χ4v) is 2.34. The van der Waals surface area contributed by atoms with Gasteiger partial charge in [0.2, 0.25) is 0 Å². The highest BCUT2D eigenvalue weighted by Crippen LogP contribution is 2.23. The Labute approximate surface area is 85.5 Å². The molecular weight excluding hydrogens is 224 g/mol. The molecule has 0 bridgehead atoms. The maximum Gasteiger partial charge on any atom is 0.263 e. The number of benzene rings is 1. The molecule has 4 nitrogen and oxygen atoms in total. The molecule has 1 aromatic heterocycles. The van der Waals surface area contributed by atoms with E-state index in [9.17, 15) is 8.42 Å². The second-order valence-electron chi connectivity index (χ2n) is 2.93. The van der Waals surface area contributed by atoms with Crippen LogP contribution in [-0.4, -0.2) is 18.2 Å². The number of aromatic nitrogens is 2. The minimum absolute atomic E-state index is 0.0530. The van der Waals surface area contributed by atoms with Crippen LogP contribution in [0, 0.1) is 0 Å². The number of rotatable bonds is 1. The lowest BCUT2D eigenvalue weighted by molar-refractivity contribution is 0.610. The lowest BCUT2D eigenvalue weighted by Gasteiger charge is -1.95. The van der Waals surface area contributed by atoms with Crippen LogP contribution in [0.25, 0.3) is 10.9 Å². The predicted octanol–water partition coefficient (Wildman–Crippen LogP) is 1.50. The van der Waals surface area contributed by atoms with Gasteiger partial charge in [-0.2, -0.15) is 5.10 Å². The highest BCUT2D eigenvalue weighted by Gasteiger charge is 2.15. The summed E-state index contributed by atoms with van der Waals surface area (Å²) in [5.74, 6) is 0. The summed E-state index contributed by atoms with van der Waals surface area (Å²) in [5.41, 5.74) is 0.407. The third-order valence-corrected chi connectivity index (χ3v) is 3.23. The SMILES string of the molecule is Cn1cc2cccc(S(=O)(=O)Cl)c2n1. The van der Waals surface area contributed by atoms with Gasteiger partial charge in [-0.15, -0.1) is 0 Å². The molecule has 0 unspecified atom stereocenters. The minimum atomic E-state index is -3.72. The van der Waals surface area contributed by atoms with Crippen LogP contribution in [-0.2, 0) is 16.1 Å². The van der Waals surface area contributed by atoms with Gasteiger partial charge in [0.1, 0.15) is 10.4 Å². The van der Waals surface area contributed by atoms with Crippen molar-refractivity contribution in [1.82, 2.24) is 9.78 Å². The summed E-state index contributed by atoms with van der Waals surface area (Å²) in [4.78, 5) is 0.0530. The zero-order valence-electron chi connectivity index (χ0n) is 7.31. The maximum atomic E-state index is 11.2. The Bertz CT molecular complexity index is 588. The van der Waals surface area contributed by atoms with E-state index in [0.717, 1.165) is 5.39 Å². The number of fused-ring (bicyclic) bond motifs is 1. The van der Waals surface area contributed by atoms with Crippen molar-refractivity contribution in [1.29, 1.82) is 0 Å². The Kier molecular flexibility index (Phi) is 2.01. The fraction of sp³-hybridized carbons (Fsp3) is 0.125. The van der Waals surface area contributed by atoms with Gasteiger partial charge < -0.3 is 0 Å². The zero-order valence-corrected chi connectivity index (χ0v) is 8.88. The van der Waals surface area contributed by atoms with Crippen molar-refractivity contribution in [3.05, 3.63) is 24.4 Å². The van der Waals surface area contributed by atoms with E-state index in [1.807, 2.05) is 0 Å². The molecule has 1 aromatic carbocycles. The molecule has 6 heteroatoms. The van der Waals surface area contributed by atoms with E-state index < -0.39 is 9.05 Å². The molecule has 0 spiro atoms. The molecule has 0 aliphatic heterocycles. The van der Waals surface area contributed by atoms with Gasteiger partial charge in [0.25, 0.3) is 9.05 Å². The van der Waals surface area contributed by atoms with Crippen molar-refractivity contribution >= 4 is 30.6 Å². The van der Waals surface area contributed by atoms with Crippen LogP contribution in [0.4, 0.5) is 0 Å². The average molecular weight is 231 g/mol. The number of hydrogen-bond donors (Lipinski definition) is 0. The quantitative estimate of drug-likeness (QED) is 0.698. The summed E-state index contributed by atoms with van der Waals surface area (Å²) in [6.07, 6.45) is 1.74. The first-order valence-electron chi connectivity index (χ1n) is 3.85. The lowest BCUT2D eigenvalue weighted by Crippen LogP contribution is -1.93. The Morgan fingerprint density at radius 2 is 2.14 bits per heavy atom. The van der Waals surface area contributed by atoms with Crippen LogP contribution >= 0.6 is 10.7 Å². The summed E-state index contributed by atoms with van der Waals surface area (Å²) in [6, 6.07) is 4.87. The van der Waals surface area contributed by atoms with Gasteiger partial charge in [0.05, 0.1) is 0 Å². The van der Waals surface area contributed by atoms with Crippen molar-refractivity contribution in [2.24, 2.45) is 7.05 Å². The number of halogens is 1. The zero-order chi connectivity index (χ0) is 10.3. The Morgan fingerprint density at radius 3 is 2.79 bits per heavy atom. The molecule has 2 aromatic rings. The molecule has 0 radical (unpaired) electrons. The van der Waals surface area contributed by atoms with Crippen molar-refractivity contribution in [2.45, 2.75) is 4.90 Å². The number of nitrogens with zero attached hydrogens (tertiary/aromatic N) is 2. The van der Waals surface area contributed by atoms with Crippen molar-refractivity contribution < 1.29 is 8.42 Å². The molecule has 0 aliphatic carbocycles. The number of aryl methyl sites for hydroxylation is 1. The third-order valence-electron chi connectivity index (χ3n) is 1.88. The highest BCUT2D eigenvalue weighted by molar-refractivity contribution is 8.14. The molecule has 0 atom stereocenters. The first kappa shape index (κ1) is 9.48. The standard InChI is InChI=1S/C8H7ClN2O2S/c1-11-5-6-3-2-4-7(8(6)10-11)14(9,12)13/h2-5H,1H3. The molecule has 0 amide bonds. The molecular formula is C8H7ClN2O2S. The highest BCUT2D eigenvalue weighted by atomic mass is 35.7. The molecule has 2 rings (SSSR count). The summed E-state index contributed by atoms with van der Waals surface area (Å²) >= 11 is 0. The van der Waals surface area contributed by atoms with E-state index in [4.69, 9.17) is 10.7 Å². The van der Waals surface area contributed by atoms with Gasteiger partial charge in [-0.3, -0.25) is 4.68 Å². The van der Waals surface area contributed by atoms with E-state index in [-0.39, 0.29) is 4.90 Å². The van der Waals surface area contributed by atoms with E-state index >= 15 is 0 Å². The van der Waals surface area contributed by atoms with E-state index in [1.165, 1.54) is 6.07 Å². The smallest absolute Gasteiger partial charge is 0.263 e.